The van der Waals surface area contributed by atoms with Crippen LogP contribution in [0.1, 0.15) is 44.1 Å². The summed E-state index contributed by atoms with van der Waals surface area (Å²) in [5, 5.41) is 0. The molecule has 4 aliphatic rings. The van der Waals surface area contributed by atoms with Gasteiger partial charge in [-0.05, 0) is 55.6 Å². The number of nitrogens with zero attached hydrogens (tertiary/aromatic N) is 3. The van der Waals surface area contributed by atoms with Crippen molar-refractivity contribution in [3.05, 3.63) is 35.6 Å². The maximum Gasteiger partial charge on any atom is 0.227 e. The topological polar surface area (TPSA) is 43.9 Å². The highest BCUT2D eigenvalue weighted by molar-refractivity contribution is 5.79. The van der Waals surface area contributed by atoms with Crippen molar-refractivity contribution in [1.29, 1.82) is 0 Å². The lowest BCUT2D eigenvalue weighted by Gasteiger charge is -2.54. The number of amides is 2. The molecule has 2 amide bonds. The molecule has 0 aromatic heterocycles. The Morgan fingerprint density at radius 2 is 1.87 bits per heavy atom. The van der Waals surface area contributed by atoms with Gasteiger partial charge in [0.15, 0.2) is 0 Å². The molecule has 0 spiro atoms. The van der Waals surface area contributed by atoms with E-state index in [9.17, 15) is 14.0 Å². The van der Waals surface area contributed by atoms with Gasteiger partial charge in [0.05, 0.1) is 6.42 Å². The van der Waals surface area contributed by atoms with Crippen LogP contribution in [-0.2, 0) is 16.0 Å². The first-order chi connectivity index (χ1) is 14.6. The van der Waals surface area contributed by atoms with Crippen molar-refractivity contribution in [3.63, 3.8) is 0 Å². The number of likely N-dealkylation sites (tertiary alicyclic amines) is 2. The van der Waals surface area contributed by atoms with Crippen LogP contribution in [0.5, 0.6) is 0 Å². The highest BCUT2D eigenvalue weighted by Crippen LogP contribution is 2.39. The molecule has 4 aliphatic heterocycles. The van der Waals surface area contributed by atoms with E-state index in [4.69, 9.17) is 0 Å². The van der Waals surface area contributed by atoms with Crippen LogP contribution in [0.4, 0.5) is 4.39 Å². The van der Waals surface area contributed by atoms with E-state index in [0.717, 1.165) is 58.4 Å². The van der Waals surface area contributed by atoms with E-state index in [1.165, 1.54) is 18.9 Å². The van der Waals surface area contributed by atoms with Gasteiger partial charge in [-0.1, -0.05) is 18.2 Å². The van der Waals surface area contributed by atoms with Crippen molar-refractivity contribution in [3.8, 4) is 0 Å². The Balaban J connectivity index is 1.16. The van der Waals surface area contributed by atoms with Crippen molar-refractivity contribution in [1.82, 2.24) is 14.7 Å². The van der Waals surface area contributed by atoms with Crippen molar-refractivity contribution >= 4 is 11.8 Å². The summed E-state index contributed by atoms with van der Waals surface area (Å²) in [4.78, 5) is 31.8. The Morgan fingerprint density at radius 1 is 1.07 bits per heavy atom. The molecule has 0 unspecified atom stereocenters. The predicted molar refractivity (Wildman–Crippen MR) is 112 cm³/mol. The second kappa shape index (κ2) is 8.29. The van der Waals surface area contributed by atoms with E-state index in [-0.39, 0.29) is 18.1 Å². The SMILES string of the molecule is O=C(Cc1ccccc1F)N1CCC(N2C[C@H]3C[C@H](C2)[C@H]2CCCC(=O)N2C3)CC1. The molecule has 6 heteroatoms. The monoisotopic (exact) mass is 413 g/mol. The average Bonchev–Trinajstić information content (AvgIpc) is 2.76. The van der Waals surface area contributed by atoms with Crippen LogP contribution in [0, 0.1) is 17.7 Å². The zero-order valence-corrected chi connectivity index (χ0v) is 17.6. The summed E-state index contributed by atoms with van der Waals surface area (Å²) >= 11 is 0. The molecule has 4 heterocycles. The van der Waals surface area contributed by atoms with Crippen molar-refractivity contribution in [2.75, 3.05) is 32.7 Å². The molecule has 0 saturated carbocycles. The third kappa shape index (κ3) is 3.86. The summed E-state index contributed by atoms with van der Waals surface area (Å²) < 4.78 is 13.9. The van der Waals surface area contributed by atoms with Crippen LogP contribution < -0.4 is 0 Å². The van der Waals surface area contributed by atoms with Gasteiger partial charge < -0.3 is 9.80 Å². The number of rotatable bonds is 3. The summed E-state index contributed by atoms with van der Waals surface area (Å²) in [6, 6.07) is 7.54. The molecule has 3 atom stereocenters. The molecule has 0 N–H and O–H groups in total. The summed E-state index contributed by atoms with van der Waals surface area (Å²) in [5.74, 6) is 1.32. The number of carbonyl (C=O) groups excluding carboxylic acids is 2. The molecular weight excluding hydrogens is 381 g/mol. The number of hydrogen-bond donors (Lipinski definition) is 0. The number of hydrogen-bond acceptors (Lipinski definition) is 3. The van der Waals surface area contributed by atoms with Gasteiger partial charge in [-0.15, -0.1) is 0 Å². The van der Waals surface area contributed by atoms with Crippen LogP contribution in [0.3, 0.4) is 0 Å². The smallest absolute Gasteiger partial charge is 0.227 e. The Hall–Kier alpha value is -1.95. The van der Waals surface area contributed by atoms with Crippen molar-refractivity contribution in [2.24, 2.45) is 11.8 Å². The summed E-state index contributed by atoms with van der Waals surface area (Å²) in [7, 11) is 0. The zero-order chi connectivity index (χ0) is 20.7. The number of benzene rings is 1. The molecule has 1 aromatic rings. The summed E-state index contributed by atoms with van der Waals surface area (Å²) in [6.07, 6.45) is 6.36. The number of fused-ring (bicyclic) bond motifs is 4. The number of halogens is 1. The van der Waals surface area contributed by atoms with Crippen LogP contribution >= 0.6 is 0 Å². The normalized spacial score (nSPS) is 30.3. The Labute approximate surface area is 178 Å². The summed E-state index contributed by atoms with van der Waals surface area (Å²) in [5.41, 5.74) is 0.486. The molecule has 2 bridgehead atoms. The molecule has 5 nitrogen and oxygen atoms in total. The lowest BCUT2D eigenvalue weighted by molar-refractivity contribution is -0.146. The van der Waals surface area contributed by atoms with Gasteiger partial charge in [-0.2, -0.15) is 0 Å². The van der Waals surface area contributed by atoms with Gasteiger partial charge >= 0.3 is 0 Å². The molecule has 0 radical (unpaired) electrons. The fraction of sp³-hybridized carbons (Fsp3) is 0.667. The van der Waals surface area contributed by atoms with E-state index in [0.29, 0.717) is 35.4 Å². The van der Waals surface area contributed by atoms with Crippen molar-refractivity contribution < 1.29 is 14.0 Å². The first-order valence-electron chi connectivity index (χ1n) is 11.6. The predicted octanol–water partition coefficient (Wildman–Crippen LogP) is 2.69. The first-order valence-corrected chi connectivity index (χ1v) is 11.6. The minimum atomic E-state index is -0.296. The van der Waals surface area contributed by atoms with E-state index in [1.54, 1.807) is 18.2 Å². The first kappa shape index (κ1) is 20.0. The van der Waals surface area contributed by atoms with Gasteiger partial charge in [0, 0.05) is 51.2 Å². The molecule has 4 fully saturated rings. The fourth-order valence-electron chi connectivity index (χ4n) is 6.34. The number of piperidine rings is 4. The van der Waals surface area contributed by atoms with Gasteiger partial charge in [-0.3, -0.25) is 14.5 Å². The minimum absolute atomic E-state index is 0.0328. The van der Waals surface area contributed by atoms with E-state index < -0.39 is 0 Å². The second-order valence-corrected chi connectivity index (χ2v) is 9.70. The second-order valence-electron chi connectivity index (χ2n) is 9.70. The molecule has 5 rings (SSSR count). The molecule has 162 valence electrons. The molecular formula is C24H32FN3O2. The van der Waals surface area contributed by atoms with Gasteiger partial charge in [0.25, 0.3) is 0 Å². The standard InChI is InChI=1S/C24H32FN3O2/c25-21-5-2-1-4-18(21)13-24(30)26-10-8-20(9-11-26)27-14-17-12-19(16-27)22-6-3-7-23(29)28(22)15-17/h1-2,4-5,17,19-20,22H,3,6-16H2/t17-,19-,22-/m1/s1. The lowest BCUT2D eigenvalue weighted by Crippen LogP contribution is -2.62. The maximum atomic E-state index is 13.9. The van der Waals surface area contributed by atoms with Crippen molar-refractivity contribution in [2.45, 2.75) is 57.0 Å². The average molecular weight is 414 g/mol. The summed E-state index contributed by atoms with van der Waals surface area (Å²) in [6.45, 7) is 4.64. The van der Waals surface area contributed by atoms with Crippen LogP contribution in [0.25, 0.3) is 0 Å². The molecule has 4 saturated heterocycles. The van der Waals surface area contributed by atoms with Gasteiger partial charge in [-0.25, -0.2) is 4.39 Å². The largest absolute Gasteiger partial charge is 0.342 e. The quantitative estimate of drug-likeness (QED) is 0.765. The molecule has 1 aromatic carbocycles. The Kier molecular flexibility index (Phi) is 5.52. The van der Waals surface area contributed by atoms with Gasteiger partial charge in [0.1, 0.15) is 5.82 Å². The highest BCUT2D eigenvalue weighted by atomic mass is 19.1. The van der Waals surface area contributed by atoms with Crippen LogP contribution in [0.2, 0.25) is 0 Å². The number of carbonyl (C=O) groups is 2. The van der Waals surface area contributed by atoms with E-state index >= 15 is 0 Å². The maximum absolute atomic E-state index is 13.9. The highest BCUT2D eigenvalue weighted by Gasteiger charge is 2.45. The third-order valence-electron chi connectivity index (χ3n) is 7.84. The minimum Gasteiger partial charge on any atom is -0.342 e. The zero-order valence-electron chi connectivity index (χ0n) is 17.6. The molecule has 0 aliphatic carbocycles. The fourth-order valence-corrected chi connectivity index (χ4v) is 6.34. The lowest BCUT2D eigenvalue weighted by atomic mass is 9.75. The van der Waals surface area contributed by atoms with E-state index in [1.807, 2.05) is 4.90 Å². The van der Waals surface area contributed by atoms with E-state index in [2.05, 4.69) is 9.80 Å². The third-order valence-corrected chi connectivity index (χ3v) is 7.84. The Bertz CT molecular complexity index is 807. The van der Waals surface area contributed by atoms with Gasteiger partial charge in [0.2, 0.25) is 11.8 Å². The molecule has 30 heavy (non-hydrogen) atoms. The van der Waals surface area contributed by atoms with Crippen LogP contribution in [0.15, 0.2) is 24.3 Å². The Morgan fingerprint density at radius 3 is 2.67 bits per heavy atom. The van der Waals surface area contributed by atoms with Crippen LogP contribution in [-0.4, -0.2) is 71.3 Å².